The standard InChI is InChI=1S/C26H35N3O3/c1-17(2)25(16-29-10-8-18(9-11-29)19-4-3-5-22(30)12-19)28-26(32)24-14-20-6-7-23(31)13-21(20)15-27-24/h3-7,12-13,17-18,24-25,27,30-31H,8-11,14-16H2,1-2H3,(H,28,32)/t24-,25?/m1/s1. The van der Waals surface area contributed by atoms with Crippen molar-refractivity contribution in [3.8, 4) is 11.5 Å². The SMILES string of the molecule is CC(C)C(CN1CCC(c2cccc(O)c2)CC1)NC(=O)[C@H]1Cc2ccc(O)cc2CN1. The minimum atomic E-state index is -0.246. The number of amides is 1. The molecule has 1 unspecified atom stereocenters. The van der Waals surface area contributed by atoms with Crippen LogP contribution in [0.5, 0.6) is 11.5 Å². The zero-order chi connectivity index (χ0) is 22.7. The summed E-state index contributed by atoms with van der Waals surface area (Å²) in [4.78, 5) is 15.5. The third kappa shape index (κ3) is 5.43. The molecule has 0 saturated carbocycles. The molecule has 0 bridgehead atoms. The average Bonchev–Trinajstić information content (AvgIpc) is 2.78. The van der Waals surface area contributed by atoms with Crippen molar-refractivity contribution in [2.45, 2.75) is 57.7 Å². The normalized spacial score (nSPS) is 20.7. The first kappa shape index (κ1) is 22.6. The van der Waals surface area contributed by atoms with E-state index < -0.39 is 0 Å². The molecule has 6 heteroatoms. The van der Waals surface area contributed by atoms with Crippen molar-refractivity contribution < 1.29 is 15.0 Å². The molecule has 4 N–H and O–H groups in total. The van der Waals surface area contributed by atoms with Crippen molar-refractivity contribution in [1.29, 1.82) is 0 Å². The van der Waals surface area contributed by atoms with Crippen molar-refractivity contribution >= 4 is 5.91 Å². The summed E-state index contributed by atoms with van der Waals surface area (Å²) in [5.41, 5.74) is 3.40. The lowest BCUT2D eigenvalue weighted by atomic mass is 9.89. The fourth-order valence-electron chi connectivity index (χ4n) is 4.90. The number of fused-ring (bicyclic) bond motifs is 1. The van der Waals surface area contributed by atoms with Gasteiger partial charge in [0.15, 0.2) is 0 Å². The van der Waals surface area contributed by atoms with Crippen LogP contribution in [0.15, 0.2) is 42.5 Å². The van der Waals surface area contributed by atoms with Crippen LogP contribution in [0.2, 0.25) is 0 Å². The highest BCUT2D eigenvalue weighted by atomic mass is 16.3. The predicted molar refractivity (Wildman–Crippen MR) is 126 cm³/mol. The van der Waals surface area contributed by atoms with Gasteiger partial charge >= 0.3 is 0 Å². The highest BCUT2D eigenvalue weighted by molar-refractivity contribution is 5.82. The van der Waals surface area contributed by atoms with Crippen LogP contribution in [0.3, 0.4) is 0 Å². The van der Waals surface area contributed by atoms with Crippen molar-refractivity contribution in [3.05, 3.63) is 59.2 Å². The van der Waals surface area contributed by atoms with E-state index in [9.17, 15) is 15.0 Å². The molecule has 2 aromatic rings. The van der Waals surface area contributed by atoms with Gasteiger partial charge in [-0.25, -0.2) is 0 Å². The van der Waals surface area contributed by atoms with E-state index >= 15 is 0 Å². The Bertz CT molecular complexity index is 938. The zero-order valence-electron chi connectivity index (χ0n) is 19.1. The van der Waals surface area contributed by atoms with Crippen molar-refractivity contribution in [2.24, 2.45) is 5.92 Å². The summed E-state index contributed by atoms with van der Waals surface area (Å²) in [5.74, 6) is 1.48. The van der Waals surface area contributed by atoms with Gasteiger partial charge in [0.2, 0.25) is 5.91 Å². The molecule has 1 saturated heterocycles. The Morgan fingerprint density at radius 3 is 2.56 bits per heavy atom. The van der Waals surface area contributed by atoms with Gasteiger partial charge in [0, 0.05) is 19.1 Å². The number of phenolic OH excluding ortho intramolecular Hbond substituents is 2. The van der Waals surface area contributed by atoms with E-state index in [0.29, 0.717) is 30.6 Å². The van der Waals surface area contributed by atoms with Gasteiger partial charge in [0.05, 0.1) is 6.04 Å². The number of nitrogens with zero attached hydrogens (tertiary/aromatic N) is 1. The van der Waals surface area contributed by atoms with E-state index in [4.69, 9.17) is 0 Å². The number of carbonyl (C=O) groups is 1. The minimum Gasteiger partial charge on any atom is -0.508 e. The van der Waals surface area contributed by atoms with Crippen molar-refractivity contribution in [2.75, 3.05) is 19.6 Å². The fourth-order valence-corrected chi connectivity index (χ4v) is 4.90. The van der Waals surface area contributed by atoms with Crippen LogP contribution in [0.4, 0.5) is 0 Å². The Labute approximate surface area is 190 Å². The Balaban J connectivity index is 1.30. The molecule has 0 radical (unpaired) electrons. The first-order valence-electron chi connectivity index (χ1n) is 11.7. The number of aromatic hydroxyl groups is 2. The van der Waals surface area contributed by atoms with Gasteiger partial charge in [-0.05, 0) is 85.1 Å². The minimum absolute atomic E-state index is 0.0528. The third-order valence-corrected chi connectivity index (χ3v) is 6.99. The number of benzene rings is 2. The molecule has 2 atom stereocenters. The number of hydrogen-bond acceptors (Lipinski definition) is 5. The molecule has 0 aliphatic carbocycles. The fraction of sp³-hybridized carbons (Fsp3) is 0.500. The van der Waals surface area contributed by atoms with E-state index in [1.165, 1.54) is 5.56 Å². The number of likely N-dealkylation sites (tertiary alicyclic amines) is 1. The van der Waals surface area contributed by atoms with E-state index in [-0.39, 0.29) is 23.7 Å². The van der Waals surface area contributed by atoms with E-state index in [0.717, 1.165) is 43.6 Å². The van der Waals surface area contributed by atoms with Crippen molar-refractivity contribution in [3.63, 3.8) is 0 Å². The molecular weight excluding hydrogens is 402 g/mol. The molecule has 6 nitrogen and oxygen atoms in total. The molecule has 32 heavy (non-hydrogen) atoms. The molecule has 2 heterocycles. The number of hydrogen-bond donors (Lipinski definition) is 4. The van der Waals surface area contributed by atoms with Crippen LogP contribution in [-0.4, -0.2) is 52.7 Å². The molecule has 1 fully saturated rings. The Kier molecular flexibility index (Phi) is 7.01. The lowest BCUT2D eigenvalue weighted by Gasteiger charge is -2.36. The quantitative estimate of drug-likeness (QED) is 0.558. The summed E-state index contributed by atoms with van der Waals surface area (Å²) in [6.07, 6.45) is 2.77. The second-order valence-corrected chi connectivity index (χ2v) is 9.62. The number of carbonyl (C=O) groups excluding carboxylic acids is 1. The maximum atomic E-state index is 13.0. The van der Waals surface area contributed by atoms with Gasteiger partial charge in [-0.2, -0.15) is 0 Å². The second kappa shape index (κ2) is 9.92. The summed E-state index contributed by atoms with van der Waals surface area (Å²) in [6, 6.07) is 12.9. The van der Waals surface area contributed by atoms with Crippen LogP contribution in [0, 0.1) is 5.92 Å². The summed E-state index contributed by atoms with van der Waals surface area (Å²) >= 11 is 0. The number of rotatable bonds is 6. The van der Waals surface area contributed by atoms with E-state index in [1.807, 2.05) is 18.2 Å². The topological polar surface area (TPSA) is 84.8 Å². The summed E-state index contributed by atoms with van der Waals surface area (Å²) in [6.45, 7) is 7.77. The van der Waals surface area contributed by atoms with Gasteiger partial charge < -0.3 is 25.7 Å². The maximum Gasteiger partial charge on any atom is 0.237 e. The van der Waals surface area contributed by atoms with Crippen LogP contribution in [-0.2, 0) is 17.8 Å². The second-order valence-electron chi connectivity index (χ2n) is 9.62. The highest BCUT2D eigenvalue weighted by Gasteiger charge is 2.29. The lowest BCUT2D eigenvalue weighted by Crippen LogP contribution is -2.54. The van der Waals surface area contributed by atoms with E-state index in [1.54, 1.807) is 18.2 Å². The molecule has 1 amide bonds. The van der Waals surface area contributed by atoms with Crippen LogP contribution in [0.25, 0.3) is 0 Å². The van der Waals surface area contributed by atoms with Gasteiger partial charge in [0.25, 0.3) is 0 Å². The molecule has 172 valence electrons. The summed E-state index contributed by atoms with van der Waals surface area (Å²) < 4.78 is 0. The lowest BCUT2D eigenvalue weighted by molar-refractivity contribution is -0.124. The smallest absolute Gasteiger partial charge is 0.237 e. The Morgan fingerprint density at radius 1 is 1.09 bits per heavy atom. The van der Waals surface area contributed by atoms with Crippen LogP contribution in [0.1, 0.15) is 49.3 Å². The van der Waals surface area contributed by atoms with Crippen LogP contribution < -0.4 is 10.6 Å². The molecule has 2 aromatic carbocycles. The van der Waals surface area contributed by atoms with Crippen LogP contribution >= 0.6 is 0 Å². The third-order valence-electron chi connectivity index (χ3n) is 6.99. The average molecular weight is 438 g/mol. The first-order valence-corrected chi connectivity index (χ1v) is 11.7. The molecule has 4 rings (SSSR count). The van der Waals surface area contributed by atoms with Gasteiger partial charge in [0.1, 0.15) is 11.5 Å². The molecule has 2 aliphatic rings. The number of piperidine rings is 1. The number of nitrogens with one attached hydrogen (secondary N) is 2. The van der Waals surface area contributed by atoms with Crippen molar-refractivity contribution in [1.82, 2.24) is 15.5 Å². The monoisotopic (exact) mass is 437 g/mol. The molecular formula is C26H35N3O3. The van der Waals surface area contributed by atoms with E-state index in [2.05, 4.69) is 35.4 Å². The zero-order valence-corrected chi connectivity index (χ0v) is 19.1. The molecule has 2 aliphatic heterocycles. The molecule has 0 aromatic heterocycles. The number of phenols is 2. The van der Waals surface area contributed by atoms with Gasteiger partial charge in [-0.1, -0.05) is 32.0 Å². The molecule has 0 spiro atoms. The Hall–Kier alpha value is -2.57. The van der Waals surface area contributed by atoms with Gasteiger partial charge in [-0.3, -0.25) is 4.79 Å². The maximum absolute atomic E-state index is 13.0. The highest BCUT2D eigenvalue weighted by Crippen LogP contribution is 2.30. The first-order chi connectivity index (χ1) is 15.4. The summed E-state index contributed by atoms with van der Waals surface area (Å²) in [7, 11) is 0. The summed E-state index contributed by atoms with van der Waals surface area (Å²) in [5, 5.41) is 26.1. The Morgan fingerprint density at radius 2 is 1.84 bits per heavy atom. The largest absolute Gasteiger partial charge is 0.508 e. The predicted octanol–water partition coefficient (Wildman–Crippen LogP) is 3.13. The van der Waals surface area contributed by atoms with Gasteiger partial charge in [-0.15, -0.1) is 0 Å².